The average molecular weight is 829 g/mol. The minimum atomic E-state index is 0.256. The summed E-state index contributed by atoms with van der Waals surface area (Å²) in [5.74, 6) is 0.556. The van der Waals surface area contributed by atoms with Crippen LogP contribution in [0.4, 0.5) is 17.1 Å². The highest BCUT2D eigenvalue weighted by Crippen LogP contribution is 2.61. The van der Waals surface area contributed by atoms with E-state index in [4.69, 9.17) is 0 Å². The van der Waals surface area contributed by atoms with Gasteiger partial charge in [-0.15, -0.1) is 0 Å². The van der Waals surface area contributed by atoms with Crippen LogP contribution < -0.4 is 9.80 Å². The summed E-state index contributed by atoms with van der Waals surface area (Å²) in [6, 6.07) is 44.5. The van der Waals surface area contributed by atoms with E-state index >= 15 is 0 Å². The normalized spacial score (nSPS) is 21.0. The molecular formula is C62H56N2. The number of nitrogens with zero attached hydrogens (tertiary/aromatic N) is 2. The van der Waals surface area contributed by atoms with Crippen LogP contribution in [0.15, 0.2) is 186 Å². The van der Waals surface area contributed by atoms with Crippen molar-refractivity contribution < 1.29 is 0 Å². The maximum absolute atomic E-state index is 2.68. The third-order valence-electron chi connectivity index (χ3n) is 16.2. The van der Waals surface area contributed by atoms with E-state index in [-0.39, 0.29) is 5.41 Å². The van der Waals surface area contributed by atoms with Gasteiger partial charge in [0.2, 0.25) is 0 Å². The first kappa shape index (κ1) is 38.1. The Morgan fingerprint density at radius 1 is 0.578 bits per heavy atom. The lowest BCUT2D eigenvalue weighted by atomic mass is 9.69. The number of para-hydroxylation sites is 1. The van der Waals surface area contributed by atoms with Crippen molar-refractivity contribution in [2.75, 3.05) is 16.3 Å². The molecular weight excluding hydrogens is 773 g/mol. The lowest BCUT2D eigenvalue weighted by molar-refractivity contribution is 0.348. The van der Waals surface area contributed by atoms with Crippen molar-refractivity contribution in [1.29, 1.82) is 0 Å². The predicted molar refractivity (Wildman–Crippen MR) is 271 cm³/mol. The quantitative estimate of drug-likeness (QED) is 0.171. The Hall–Kier alpha value is -6.38. The summed E-state index contributed by atoms with van der Waals surface area (Å²) in [7, 11) is 0. The molecule has 1 spiro atoms. The molecule has 0 radical (unpaired) electrons. The van der Waals surface area contributed by atoms with E-state index < -0.39 is 0 Å². The highest BCUT2D eigenvalue weighted by Gasteiger charge is 2.51. The monoisotopic (exact) mass is 828 g/mol. The zero-order chi connectivity index (χ0) is 42.2. The molecule has 6 aromatic carbocycles. The minimum Gasteiger partial charge on any atom is -0.345 e. The molecule has 2 heteroatoms. The van der Waals surface area contributed by atoms with E-state index in [2.05, 4.69) is 174 Å². The van der Waals surface area contributed by atoms with Crippen LogP contribution in [0.5, 0.6) is 0 Å². The number of aryl methyl sites for hydroxylation is 1. The molecule has 2 aliphatic heterocycles. The summed E-state index contributed by atoms with van der Waals surface area (Å²) in [4.78, 5) is 5.23. The van der Waals surface area contributed by atoms with Gasteiger partial charge in [0.1, 0.15) is 0 Å². The SMILES string of the molecule is C1=CC2=C(CC1)N(c1ccc3c(c1)C1(CCCC1)C1CC(/C=C/c4ccc(-c5ccc6cc(N7C8=C(C=CCC8)CCc8ccccc87)ccc6c5)c5ccccc45)=CC=C31)CCC2. The molecule has 1 unspecified atom stereocenters. The lowest BCUT2D eigenvalue weighted by Crippen LogP contribution is -2.31. The van der Waals surface area contributed by atoms with Gasteiger partial charge in [-0.2, -0.15) is 0 Å². The maximum atomic E-state index is 2.68. The molecule has 0 bridgehead atoms. The summed E-state index contributed by atoms with van der Waals surface area (Å²) < 4.78 is 0. The van der Waals surface area contributed by atoms with Crippen LogP contribution >= 0.6 is 0 Å². The van der Waals surface area contributed by atoms with Crippen molar-refractivity contribution in [2.24, 2.45) is 5.92 Å². The van der Waals surface area contributed by atoms with E-state index in [0.29, 0.717) is 5.92 Å². The number of rotatable bonds is 5. The molecule has 7 aliphatic rings. The molecule has 314 valence electrons. The van der Waals surface area contributed by atoms with E-state index in [0.717, 1.165) is 38.6 Å². The van der Waals surface area contributed by atoms with Crippen molar-refractivity contribution in [3.8, 4) is 11.1 Å². The second-order valence-corrected chi connectivity index (χ2v) is 19.6. The van der Waals surface area contributed by atoms with Crippen molar-refractivity contribution in [2.45, 2.75) is 88.9 Å². The second kappa shape index (κ2) is 15.4. The van der Waals surface area contributed by atoms with Crippen molar-refractivity contribution in [1.82, 2.24) is 0 Å². The number of allylic oxidation sites excluding steroid dienone is 13. The Morgan fingerprint density at radius 2 is 1.34 bits per heavy atom. The molecule has 1 fully saturated rings. The number of anilines is 3. The van der Waals surface area contributed by atoms with Crippen LogP contribution in [0.2, 0.25) is 0 Å². The molecule has 0 amide bonds. The van der Waals surface area contributed by atoms with Gasteiger partial charge in [-0.05, 0) is 190 Å². The van der Waals surface area contributed by atoms with E-state index in [1.54, 1.807) is 22.4 Å². The Morgan fingerprint density at radius 3 is 2.25 bits per heavy atom. The van der Waals surface area contributed by atoms with E-state index in [1.165, 1.54) is 135 Å². The average Bonchev–Trinajstić information content (AvgIpc) is 3.91. The van der Waals surface area contributed by atoms with Gasteiger partial charge in [-0.25, -0.2) is 0 Å². The van der Waals surface area contributed by atoms with Gasteiger partial charge in [-0.3, -0.25) is 0 Å². The molecule has 1 atom stereocenters. The fourth-order valence-corrected chi connectivity index (χ4v) is 13.2. The second-order valence-electron chi connectivity index (χ2n) is 19.6. The van der Waals surface area contributed by atoms with Gasteiger partial charge >= 0.3 is 0 Å². The maximum Gasteiger partial charge on any atom is 0.0490 e. The predicted octanol–water partition coefficient (Wildman–Crippen LogP) is 16.4. The van der Waals surface area contributed by atoms with Crippen LogP contribution in [-0.4, -0.2) is 6.54 Å². The van der Waals surface area contributed by atoms with E-state index in [1.807, 2.05) is 0 Å². The van der Waals surface area contributed by atoms with Crippen LogP contribution in [0.25, 0.3) is 44.3 Å². The summed E-state index contributed by atoms with van der Waals surface area (Å²) in [6.07, 6.45) is 34.9. The van der Waals surface area contributed by atoms with Gasteiger partial charge in [0.15, 0.2) is 0 Å². The summed E-state index contributed by atoms with van der Waals surface area (Å²) in [5.41, 5.74) is 21.8. The van der Waals surface area contributed by atoms with Gasteiger partial charge in [0.25, 0.3) is 0 Å². The Balaban J connectivity index is 0.795. The fraction of sp³-hybridized carbons (Fsp3) is 0.258. The largest absolute Gasteiger partial charge is 0.345 e. The van der Waals surface area contributed by atoms with Gasteiger partial charge in [-0.1, -0.05) is 140 Å². The molecule has 13 rings (SSSR count). The third kappa shape index (κ3) is 6.20. The highest BCUT2D eigenvalue weighted by atomic mass is 15.2. The molecule has 64 heavy (non-hydrogen) atoms. The summed E-state index contributed by atoms with van der Waals surface area (Å²) in [6.45, 7) is 1.15. The minimum absolute atomic E-state index is 0.256. The van der Waals surface area contributed by atoms with Crippen molar-refractivity contribution in [3.63, 3.8) is 0 Å². The molecule has 0 aromatic heterocycles. The van der Waals surface area contributed by atoms with Crippen LogP contribution in [0, 0.1) is 5.92 Å². The Labute approximate surface area is 379 Å². The van der Waals surface area contributed by atoms with Crippen molar-refractivity contribution >= 4 is 50.3 Å². The number of benzene rings is 6. The number of hydrogen-bond acceptors (Lipinski definition) is 2. The van der Waals surface area contributed by atoms with Crippen LogP contribution in [0.3, 0.4) is 0 Å². The Bertz CT molecular complexity index is 3130. The highest BCUT2D eigenvalue weighted by molar-refractivity contribution is 6.03. The smallest absolute Gasteiger partial charge is 0.0490 e. The van der Waals surface area contributed by atoms with E-state index in [9.17, 15) is 0 Å². The topological polar surface area (TPSA) is 6.48 Å². The molecule has 6 aromatic rings. The number of hydrogen-bond donors (Lipinski definition) is 0. The summed E-state index contributed by atoms with van der Waals surface area (Å²) in [5, 5.41) is 5.16. The van der Waals surface area contributed by atoms with Gasteiger partial charge in [0, 0.05) is 40.4 Å². The molecule has 0 N–H and O–H groups in total. The summed E-state index contributed by atoms with van der Waals surface area (Å²) >= 11 is 0. The zero-order valence-electron chi connectivity index (χ0n) is 37.0. The lowest BCUT2D eigenvalue weighted by Gasteiger charge is -2.37. The number of fused-ring (bicyclic) bond motifs is 8. The molecule has 5 aliphatic carbocycles. The van der Waals surface area contributed by atoms with Crippen molar-refractivity contribution in [3.05, 3.63) is 208 Å². The molecule has 1 saturated carbocycles. The van der Waals surface area contributed by atoms with Gasteiger partial charge in [0.05, 0.1) is 0 Å². The standard InChI is InChI=1S/C62H56N2/c1-6-18-59-44(12-1)15-11-37-63(59)50-31-34-56-55-32-22-42(38-57(55)62(58(56)41-50)35-9-10-36-62)21-23-43-29-33-53(54-17-5-4-16-52(43)54)49-27-26-48-40-51(30-28-47(48)39-49)64-60-19-7-2-13-45(60)24-25-46-14-3-8-20-61(46)64/h1-5,7,12-14,16-17,19,21-23,26-34,39-41,57H,6,8-11,15,18,20,24-25,35-38H2/b23-21+. The van der Waals surface area contributed by atoms with Crippen LogP contribution in [-0.2, 0) is 11.8 Å². The first-order valence-corrected chi connectivity index (χ1v) is 24.4. The first-order valence-electron chi connectivity index (χ1n) is 24.4. The molecule has 2 heterocycles. The van der Waals surface area contributed by atoms with Crippen LogP contribution in [0.1, 0.15) is 99.3 Å². The first-order chi connectivity index (χ1) is 31.7. The molecule has 2 nitrogen and oxygen atoms in total. The molecule has 0 saturated heterocycles. The van der Waals surface area contributed by atoms with Gasteiger partial charge < -0.3 is 9.80 Å². The Kier molecular flexibility index (Phi) is 9.18. The third-order valence-corrected chi connectivity index (χ3v) is 16.2. The fourth-order valence-electron chi connectivity index (χ4n) is 13.2. The zero-order valence-corrected chi connectivity index (χ0v) is 37.0.